The summed E-state index contributed by atoms with van der Waals surface area (Å²) >= 11 is 0. The first-order chi connectivity index (χ1) is 22.0. The molecule has 4 aromatic rings. The Labute approximate surface area is 331 Å². The monoisotopic (exact) mass is 739 g/mol. The Morgan fingerprint density at radius 1 is 0.857 bits per heavy atom. The van der Waals surface area contributed by atoms with Crippen molar-refractivity contribution in [3.8, 4) is 22.4 Å². The van der Waals surface area contributed by atoms with Crippen molar-refractivity contribution in [3.05, 3.63) is 90.1 Å². The number of aliphatic hydroxyl groups excluding tert-OH is 2. The van der Waals surface area contributed by atoms with E-state index in [1.165, 1.54) is 60.7 Å². The third-order valence-electron chi connectivity index (χ3n) is 7.40. The molecule has 0 bridgehead atoms. The number of nitrogens with two attached hydrogens (primary N) is 1. The van der Waals surface area contributed by atoms with Crippen molar-refractivity contribution in [2.45, 2.75) is 67.6 Å². The second-order valence-electron chi connectivity index (χ2n) is 11.4. The predicted molar refractivity (Wildman–Crippen MR) is 174 cm³/mol. The molecule has 3 aromatic carbocycles. The predicted octanol–water partition coefficient (Wildman–Crippen LogP) is -1.12. The van der Waals surface area contributed by atoms with E-state index in [1.807, 2.05) is 0 Å². The standard InChI is InChI=1S/C32H35F2N3O8S2.2Na.2H/c1-19(2)30-32(47(44,45)36-24-11-13-27(14-12-24)46(35,42)43)29(20-3-7-22(33)8-4-20)31(21-5-9-23(34)10-6-21)37(30)16-15-25(38)17-26(39)18-28(40)41;;;;/h3-14,19,25-26,36,38-39H,15-18H2,1-2H3,(H,40,41)(H2,35,42,43);;;;/q;2*+1;2*-1/t25-,26-;;;;/m1..../s1. The number of hydrogen-bond donors (Lipinski definition) is 5. The summed E-state index contributed by atoms with van der Waals surface area (Å²) in [4.78, 5) is 10.6. The Kier molecular flexibility index (Phi) is 15.7. The maximum Gasteiger partial charge on any atom is 1.00 e. The van der Waals surface area contributed by atoms with Crippen LogP contribution < -0.4 is 69.0 Å². The zero-order valence-electron chi connectivity index (χ0n) is 29.5. The quantitative estimate of drug-likeness (QED) is 0.101. The van der Waals surface area contributed by atoms with E-state index in [9.17, 15) is 40.6 Å². The number of nitrogens with zero attached hydrogens (tertiary/aromatic N) is 1. The number of rotatable bonds is 14. The number of hydrogen-bond acceptors (Lipinski definition) is 7. The SMILES string of the molecule is CC(C)c1c(S(=O)(=O)Nc2ccc(S(N)(=O)=O)cc2)c(-c2ccc(F)cc2)c(-c2ccc(F)cc2)n1CC[C@@H](O)C[C@@H](O)CC(=O)O.[H-].[H-].[Na+].[Na+]. The van der Waals surface area contributed by atoms with Crippen molar-refractivity contribution in [2.24, 2.45) is 5.14 Å². The van der Waals surface area contributed by atoms with Crippen LogP contribution in [0.1, 0.15) is 47.6 Å². The van der Waals surface area contributed by atoms with E-state index >= 15 is 0 Å². The first-order valence-corrected chi connectivity index (χ1v) is 17.5. The first-order valence-electron chi connectivity index (χ1n) is 14.5. The Bertz CT molecular complexity index is 1970. The number of aliphatic carboxylic acids is 1. The summed E-state index contributed by atoms with van der Waals surface area (Å²) in [7, 11) is -8.55. The van der Waals surface area contributed by atoms with Gasteiger partial charge in [-0.05, 0) is 90.6 Å². The number of aromatic nitrogens is 1. The summed E-state index contributed by atoms with van der Waals surface area (Å²) in [5, 5.41) is 35.0. The van der Waals surface area contributed by atoms with E-state index in [1.54, 1.807) is 18.4 Å². The Hall–Kier alpha value is -2.15. The van der Waals surface area contributed by atoms with Crippen molar-refractivity contribution < 1.29 is 108 Å². The molecule has 0 aliphatic rings. The average Bonchev–Trinajstić information content (AvgIpc) is 3.32. The molecular weight excluding hydrogens is 702 g/mol. The molecule has 6 N–H and O–H groups in total. The molecule has 0 unspecified atom stereocenters. The molecule has 0 amide bonds. The Balaban J connectivity index is 0.00000625. The van der Waals surface area contributed by atoms with Gasteiger partial charge in [-0.2, -0.15) is 0 Å². The van der Waals surface area contributed by atoms with Crippen LogP contribution in [-0.2, 0) is 31.4 Å². The van der Waals surface area contributed by atoms with Gasteiger partial charge >= 0.3 is 65.1 Å². The number of carboxylic acids is 1. The average molecular weight is 740 g/mol. The van der Waals surface area contributed by atoms with Crippen LogP contribution in [0.3, 0.4) is 0 Å². The molecule has 11 nitrogen and oxygen atoms in total. The minimum absolute atomic E-state index is 0. The molecule has 0 saturated carbocycles. The molecule has 1 aromatic heterocycles. The van der Waals surface area contributed by atoms with Crippen LogP contribution in [0.2, 0.25) is 0 Å². The molecule has 4 rings (SSSR count). The number of primary sulfonamides is 1. The van der Waals surface area contributed by atoms with Crippen molar-refractivity contribution in [2.75, 3.05) is 4.72 Å². The maximum atomic E-state index is 14.4. The van der Waals surface area contributed by atoms with Gasteiger partial charge in [0.1, 0.15) is 16.5 Å². The van der Waals surface area contributed by atoms with Crippen LogP contribution in [0.4, 0.5) is 14.5 Å². The fourth-order valence-electron chi connectivity index (χ4n) is 5.40. The minimum atomic E-state index is -4.50. The van der Waals surface area contributed by atoms with Crippen LogP contribution in [0, 0.1) is 11.6 Å². The number of halogens is 2. The van der Waals surface area contributed by atoms with Gasteiger partial charge in [0.25, 0.3) is 10.0 Å². The summed E-state index contributed by atoms with van der Waals surface area (Å²) in [6.45, 7) is 3.50. The number of carbonyl (C=O) groups is 1. The van der Waals surface area contributed by atoms with Gasteiger partial charge in [0.2, 0.25) is 10.0 Å². The minimum Gasteiger partial charge on any atom is -1.00 e. The van der Waals surface area contributed by atoms with Crippen molar-refractivity contribution in [1.29, 1.82) is 0 Å². The van der Waals surface area contributed by atoms with E-state index in [0.717, 1.165) is 12.1 Å². The summed E-state index contributed by atoms with van der Waals surface area (Å²) in [6.07, 6.45) is -3.33. The molecular formula is C32H37F2N3Na2O8S2. The van der Waals surface area contributed by atoms with Crippen LogP contribution in [0.15, 0.2) is 82.6 Å². The van der Waals surface area contributed by atoms with Crippen molar-refractivity contribution >= 4 is 31.7 Å². The first kappa shape index (κ1) is 43.0. The molecule has 256 valence electrons. The summed E-state index contributed by atoms with van der Waals surface area (Å²) in [5.41, 5.74) is 1.52. The van der Waals surface area contributed by atoms with Crippen LogP contribution in [-0.4, -0.2) is 54.9 Å². The van der Waals surface area contributed by atoms with Gasteiger partial charge in [-0.1, -0.05) is 26.0 Å². The van der Waals surface area contributed by atoms with Gasteiger partial charge in [-0.3, -0.25) is 9.52 Å². The maximum absolute atomic E-state index is 14.4. The molecule has 49 heavy (non-hydrogen) atoms. The molecule has 0 fully saturated rings. The molecule has 0 radical (unpaired) electrons. The van der Waals surface area contributed by atoms with E-state index in [4.69, 9.17) is 10.2 Å². The fraction of sp³-hybridized carbons (Fsp3) is 0.281. The number of anilines is 1. The molecule has 0 aliphatic carbocycles. The largest absolute Gasteiger partial charge is 1.00 e. The third kappa shape index (κ3) is 10.9. The normalized spacial score (nSPS) is 12.9. The number of carboxylic acid groups (broad SMARTS) is 1. The van der Waals surface area contributed by atoms with Crippen molar-refractivity contribution in [1.82, 2.24) is 4.57 Å². The summed E-state index contributed by atoms with van der Waals surface area (Å²) in [6, 6.07) is 15.2. The van der Waals surface area contributed by atoms with Crippen LogP contribution in [0.25, 0.3) is 22.4 Å². The zero-order valence-corrected chi connectivity index (χ0v) is 33.1. The Morgan fingerprint density at radius 3 is 1.84 bits per heavy atom. The van der Waals surface area contributed by atoms with Gasteiger partial charge < -0.3 is 22.7 Å². The van der Waals surface area contributed by atoms with Crippen LogP contribution >= 0.6 is 0 Å². The summed E-state index contributed by atoms with van der Waals surface area (Å²) < 4.78 is 84.6. The molecule has 0 saturated heterocycles. The second-order valence-corrected chi connectivity index (χ2v) is 14.5. The number of aliphatic hydroxyl groups is 2. The number of benzene rings is 3. The van der Waals surface area contributed by atoms with E-state index in [0.29, 0.717) is 16.8 Å². The van der Waals surface area contributed by atoms with E-state index < -0.39 is 62.2 Å². The Morgan fingerprint density at radius 2 is 1.37 bits per heavy atom. The van der Waals surface area contributed by atoms with Gasteiger partial charge in [0.15, 0.2) is 0 Å². The van der Waals surface area contributed by atoms with Crippen molar-refractivity contribution in [3.63, 3.8) is 0 Å². The molecule has 0 spiro atoms. The van der Waals surface area contributed by atoms with Gasteiger partial charge in [-0.15, -0.1) is 0 Å². The molecule has 17 heteroatoms. The summed E-state index contributed by atoms with van der Waals surface area (Å²) in [5.74, 6) is -2.82. The molecule has 1 heterocycles. The third-order valence-corrected chi connectivity index (χ3v) is 9.78. The fourth-order valence-corrected chi connectivity index (χ4v) is 7.57. The second kappa shape index (κ2) is 17.9. The van der Waals surface area contributed by atoms with E-state index in [-0.39, 0.29) is 108 Å². The zero-order chi connectivity index (χ0) is 34.7. The topological polar surface area (TPSA) is 189 Å². The van der Waals surface area contributed by atoms with Gasteiger partial charge in [0, 0.05) is 23.5 Å². The number of sulfonamides is 2. The number of nitrogens with one attached hydrogen (secondary N) is 1. The molecule has 0 aliphatic heterocycles. The van der Waals surface area contributed by atoms with Crippen LogP contribution in [0.5, 0.6) is 0 Å². The van der Waals surface area contributed by atoms with E-state index in [2.05, 4.69) is 4.72 Å². The molecule has 2 atom stereocenters. The van der Waals surface area contributed by atoms with Gasteiger partial charge in [0.05, 0.1) is 29.2 Å². The smallest absolute Gasteiger partial charge is 1.00 e. The van der Waals surface area contributed by atoms with Gasteiger partial charge in [-0.25, -0.2) is 30.8 Å².